The third-order valence-electron chi connectivity index (χ3n) is 8.75. The van der Waals surface area contributed by atoms with E-state index in [0.29, 0.717) is 45.2 Å². The monoisotopic (exact) mass is 581 g/mol. The Bertz CT molecular complexity index is 1280. The number of nitrogens with one attached hydrogen (secondary N) is 4. The summed E-state index contributed by atoms with van der Waals surface area (Å²) in [5, 5.41) is 9.56. The van der Waals surface area contributed by atoms with Crippen LogP contribution in [0.15, 0.2) is 30.5 Å². The van der Waals surface area contributed by atoms with Crippen LogP contribution in [-0.2, 0) is 35.1 Å². The van der Waals surface area contributed by atoms with E-state index < -0.39 is 35.5 Å². The molecule has 1 saturated carbocycles. The first kappa shape index (κ1) is 30.2. The molecule has 2 aliphatic heterocycles. The number of benzene rings is 1. The minimum Gasteiger partial charge on any atom is -0.379 e. The van der Waals surface area contributed by atoms with Gasteiger partial charge in [-0.3, -0.25) is 24.1 Å². The highest BCUT2D eigenvalue weighted by Gasteiger charge is 2.50. The van der Waals surface area contributed by atoms with Crippen molar-refractivity contribution < 1.29 is 28.7 Å². The fourth-order valence-corrected chi connectivity index (χ4v) is 6.04. The number of ether oxygens (including phenoxy) is 2. The maximum Gasteiger partial charge on any atom is 0.243 e. The lowest BCUT2D eigenvalue weighted by atomic mass is 9.90. The molecule has 1 aromatic heterocycles. The molecule has 2 aromatic rings. The van der Waals surface area contributed by atoms with Gasteiger partial charge in [-0.15, -0.1) is 0 Å². The van der Waals surface area contributed by atoms with Gasteiger partial charge in [0.2, 0.25) is 17.7 Å². The first-order valence-electron chi connectivity index (χ1n) is 15.2. The van der Waals surface area contributed by atoms with Crippen molar-refractivity contribution in [3.8, 4) is 0 Å². The topological polar surface area (TPSA) is 145 Å². The summed E-state index contributed by atoms with van der Waals surface area (Å²) in [6, 6.07) is 5.26. The van der Waals surface area contributed by atoms with E-state index >= 15 is 0 Å². The lowest BCUT2D eigenvalue weighted by Crippen LogP contribution is -2.57. The van der Waals surface area contributed by atoms with Gasteiger partial charge in [0.05, 0.1) is 32.4 Å². The molecule has 5 rings (SSSR count). The van der Waals surface area contributed by atoms with Crippen molar-refractivity contribution in [2.24, 2.45) is 5.92 Å². The Kier molecular flexibility index (Phi) is 9.60. The molecule has 3 aliphatic rings. The number of epoxide rings is 1. The Morgan fingerprint density at radius 1 is 1.02 bits per heavy atom. The number of Topliss-reactive ketones (excluding diaryl/α,β-unsaturated/α-hetero) is 1. The zero-order valence-electron chi connectivity index (χ0n) is 24.6. The molecular weight excluding hydrogens is 538 g/mol. The van der Waals surface area contributed by atoms with Crippen LogP contribution in [0.25, 0.3) is 10.9 Å². The van der Waals surface area contributed by atoms with Gasteiger partial charge >= 0.3 is 0 Å². The van der Waals surface area contributed by atoms with Crippen LogP contribution in [-0.4, -0.2) is 96.6 Å². The number of rotatable bonds is 13. The minimum atomic E-state index is -0.956. The largest absolute Gasteiger partial charge is 0.379 e. The molecule has 4 atom stereocenters. The summed E-state index contributed by atoms with van der Waals surface area (Å²) in [7, 11) is 0. The van der Waals surface area contributed by atoms with Crippen LogP contribution in [0.5, 0.6) is 0 Å². The average Bonchev–Trinajstić information content (AvgIpc) is 3.33. The molecule has 42 heavy (non-hydrogen) atoms. The van der Waals surface area contributed by atoms with E-state index in [1.54, 1.807) is 13.8 Å². The molecule has 3 heterocycles. The van der Waals surface area contributed by atoms with Crippen molar-refractivity contribution in [3.63, 3.8) is 0 Å². The van der Waals surface area contributed by atoms with Gasteiger partial charge in [0.1, 0.15) is 17.7 Å². The first-order valence-corrected chi connectivity index (χ1v) is 15.2. The second-order valence-corrected chi connectivity index (χ2v) is 12.1. The number of carbonyl (C=O) groups excluding carboxylic acids is 4. The number of hydrogen-bond acceptors (Lipinski definition) is 7. The second-order valence-electron chi connectivity index (χ2n) is 12.1. The van der Waals surface area contributed by atoms with Crippen molar-refractivity contribution in [1.29, 1.82) is 0 Å². The van der Waals surface area contributed by atoms with Crippen LogP contribution in [0.1, 0.15) is 51.5 Å². The van der Waals surface area contributed by atoms with E-state index in [2.05, 4.69) is 20.9 Å². The number of ketones is 1. The number of para-hydroxylation sites is 1. The number of morpholine rings is 1. The second kappa shape index (κ2) is 13.4. The summed E-state index contributed by atoms with van der Waals surface area (Å²) in [6.45, 7) is 6.34. The first-order chi connectivity index (χ1) is 20.2. The molecule has 228 valence electrons. The van der Waals surface area contributed by atoms with Crippen molar-refractivity contribution in [2.75, 3.05) is 39.5 Å². The van der Waals surface area contributed by atoms with Gasteiger partial charge in [0.15, 0.2) is 5.78 Å². The highest BCUT2D eigenvalue weighted by molar-refractivity contribution is 5.98. The molecule has 11 nitrogen and oxygen atoms in total. The van der Waals surface area contributed by atoms with Gasteiger partial charge in [-0.25, -0.2) is 0 Å². The smallest absolute Gasteiger partial charge is 0.243 e. The Balaban J connectivity index is 1.29. The Morgan fingerprint density at radius 3 is 2.43 bits per heavy atom. The van der Waals surface area contributed by atoms with Gasteiger partial charge in [0, 0.05) is 36.6 Å². The van der Waals surface area contributed by atoms with Gasteiger partial charge in [0.25, 0.3) is 0 Å². The molecule has 0 bridgehead atoms. The van der Waals surface area contributed by atoms with Crippen LogP contribution in [0.3, 0.4) is 0 Å². The van der Waals surface area contributed by atoms with Crippen molar-refractivity contribution in [1.82, 2.24) is 25.8 Å². The maximum atomic E-state index is 13.8. The van der Waals surface area contributed by atoms with Gasteiger partial charge in [-0.1, -0.05) is 43.9 Å². The van der Waals surface area contributed by atoms with E-state index in [-0.39, 0.29) is 24.7 Å². The number of aromatic amines is 1. The molecular formula is C31H43N5O6. The summed E-state index contributed by atoms with van der Waals surface area (Å²) in [6.07, 6.45) is 6.94. The van der Waals surface area contributed by atoms with E-state index in [9.17, 15) is 19.2 Å². The number of amides is 3. The summed E-state index contributed by atoms with van der Waals surface area (Å²) in [4.78, 5) is 58.4. The summed E-state index contributed by atoms with van der Waals surface area (Å²) in [5.41, 5.74) is 0.923. The molecule has 0 radical (unpaired) electrons. The van der Waals surface area contributed by atoms with Gasteiger partial charge in [-0.05, 0) is 37.8 Å². The summed E-state index contributed by atoms with van der Waals surface area (Å²) < 4.78 is 10.8. The Labute approximate surface area is 246 Å². The van der Waals surface area contributed by atoms with Crippen LogP contribution in [0, 0.1) is 5.92 Å². The number of H-pyrrole nitrogens is 1. The fraction of sp³-hybridized carbons (Fsp3) is 0.613. The fourth-order valence-electron chi connectivity index (χ4n) is 6.04. The molecule has 1 aliphatic carbocycles. The molecule has 4 N–H and O–H groups in total. The van der Waals surface area contributed by atoms with E-state index in [0.717, 1.165) is 42.1 Å². The molecule has 11 heteroatoms. The van der Waals surface area contributed by atoms with Crippen LogP contribution in [0.2, 0.25) is 0 Å². The van der Waals surface area contributed by atoms with Crippen molar-refractivity contribution in [3.05, 3.63) is 36.0 Å². The predicted octanol–water partition coefficient (Wildman–Crippen LogP) is 1.46. The number of fused-ring (bicyclic) bond motifs is 1. The zero-order chi connectivity index (χ0) is 29.7. The van der Waals surface area contributed by atoms with Gasteiger partial charge < -0.3 is 30.4 Å². The van der Waals surface area contributed by atoms with Crippen molar-refractivity contribution >= 4 is 34.4 Å². The van der Waals surface area contributed by atoms with Crippen LogP contribution < -0.4 is 16.0 Å². The lowest BCUT2D eigenvalue weighted by molar-refractivity contribution is -0.134. The third-order valence-corrected chi connectivity index (χ3v) is 8.75. The van der Waals surface area contributed by atoms with Crippen molar-refractivity contribution in [2.45, 2.75) is 76.1 Å². The lowest BCUT2D eigenvalue weighted by Gasteiger charge is -2.27. The molecule has 2 saturated heterocycles. The average molecular weight is 582 g/mol. The van der Waals surface area contributed by atoms with E-state index in [1.807, 2.05) is 35.4 Å². The molecule has 3 amide bonds. The van der Waals surface area contributed by atoms with E-state index in [1.165, 1.54) is 0 Å². The number of aromatic nitrogens is 1. The summed E-state index contributed by atoms with van der Waals surface area (Å²) >= 11 is 0. The summed E-state index contributed by atoms with van der Waals surface area (Å²) in [5.74, 6) is -0.923. The Hall–Kier alpha value is -3.28. The highest BCUT2D eigenvalue weighted by atomic mass is 16.6. The quantitative estimate of drug-likeness (QED) is 0.262. The standard InChI is InChI=1S/C31H43N5O6/c1-20(33-27(37)18-36-11-13-41-14-12-36)29(39)35-26(16-22-17-32-24-10-6-5-9-23(22)24)30(40)34-25(15-21-7-3-4-8-21)28(38)31(2)19-42-31/h5-6,9-10,17,20-21,25-26,32H,3-4,7-8,11-16,18-19H2,1-2H3,(H,33,37)(H,34,40)(H,35,39)/t20-,25-,26-,31-/m0/s1. The van der Waals surface area contributed by atoms with Gasteiger partial charge in [-0.2, -0.15) is 0 Å². The maximum absolute atomic E-state index is 13.8. The zero-order valence-corrected chi connectivity index (χ0v) is 24.6. The van der Waals surface area contributed by atoms with Crippen LogP contribution in [0.4, 0.5) is 0 Å². The highest BCUT2D eigenvalue weighted by Crippen LogP contribution is 2.33. The number of carbonyl (C=O) groups is 4. The minimum absolute atomic E-state index is 0.122. The molecule has 1 aromatic carbocycles. The molecule has 3 fully saturated rings. The molecule has 0 unspecified atom stereocenters. The normalized spacial score (nSPS) is 23.2. The van der Waals surface area contributed by atoms with E-state index in [4.69, 9.17) is 9.47 Å². The van der Waals surface area contributed by atoms with Crippen LogP contribution >= 0.6 is 0 Å². The Morgan fingerprint density at radius 2 is 1.71 bits per heavy atom. The molecule has 0 spiro atoms. The predicted molar refractivity (Wildman–Crippen MR) is 157 cm³/mol. The number of nitrogens with zero attached hydrogens (tertiary/aromatic N) is 1. The number of hydrogen-bond donors (Lipinski definition) is 4. The third kappa shape index (κ3) is 7.56. The SMILES string of the molecule is C[C@H](NC(=O)CN1CCOCC1)C(=O)N[C@@H](Cc1c[nH]c2ccccc12)C(=O)N[C@@H](CC1CCCC1)C(=O)[C@]1(C)CO1.